The number of ether oxygens (including phenoxy) is 1. The number of hydrogen-bond acceptors (Lipinski definition) is 5. The lowest BCUT2D eigenvalue weighted by molar-refractivity contribution is 0.101. The Kier molecular flexibility index (Phi) is 5.86. The second-order valence-electron chi connectivity index (χ2n) is 7.15. The summed E-state index contributed by atoms with van der Waals surface area (Å²) in [5, 5.41) is 2.90. The Morgan fingerprint density at radius 3 is 2.43 bits per heavy atom. The second kappa shape index (κ2) is 8.88. The smallest absolute Gasteiger partial charge is 0.274 e. The fourth-order valence-electron chi connectivity index (χ4n) is 3.39. The third-order valence-corrected chi connectivity index (χ3v) is 5.05. The van der Waals surface area contributed by atoms with E-state index < -0.39 is 0 Å². The molecule has 0 atom stereocenters. The first-order chi connectivity index (χ1) is 14.6. The van der Waals surface area contributed by atoms with Crippen LogP contribution in [0.3, 0.4) is 0 Å². The zero-order valence-electron chi connectivity index (χ0n) is 16.8. The molecule has 1 fully saturated rings. The van der Waals surface area contributed by atoms with E-state index in [0.717, 1.165) is 37.6 Å². The van der Waals surface area contributed by atoms with Crippen LogP contribution in [0.25, 0.3) is 11.3 Å². The van der Waals surface area contributed by atoms with E-state index in [1.165, 1.54) is 6.92 Å². The molecule has 0 radical (unpaired) electrons. The zero-order valence-corrected chi connectivity index (χ0v) is 16.8. The summed E-state index contributed by atoms with van der Waals surface area (Å²) >= 11 is 0. The summed E-state index contributed by atoms with van der Waals surface area (Å²) in [4.78, 5) is 31.1. The molecule has 2 aromatic carbocycles. The molecule has 1 saturated heterocycles. The molecule has 2 heterocycles. The minimum Gasteiger partial charge on any atom is -0.378 e. The van der Waals surface area contributed by atoms with Gasteiger partial charge in [-0.1, -0.05) is 24.3 Å². The van der Waals surface area contributed by atoms with E-state index in [1.54, 1.807) is 24.3 Å². The van der Waals surface area contributed by atoms with Crippen molar-refractivity contribution in [2.45, 2.75) is 6.92 Å². The van der Waals surface area contributed by atoms with Crippen molar-refractivity contribution in [3.63, 3.8) is 0 Å². The van der Waals surface area contributed by atoms with Crippen LogP contribution in [0.4, 0.5) is 11.4 Å². The molecule has 6 nitrogen and oxygen atoms in total. The largest absolute Gasteiger partial charge is 0.378 e. The van der Waals surface area contributed by atoms with Gasteiger partial charge in [0.05, 0.1) is 18.9 Å². The fraction of sp³-hybridized carbons (Fsp3) is 0.208. The first-order valence-corrected chi connectivity index (χ1v) is 9.93. The average molecular weight is 401 g/mol. The maximum Gasteiger partial charge on any atom is 0.274 e. The molecule has 0 unspecified atom stereocenters. The Morgan fingerprint density at radius 2 is 1.70 bits per heavy atom. The van der Waals surface area contributed by atoms with Gasteiger partial charge in [0.2, 0.25) is 0 Å². The maximum atomic E-state index is 12.7. The number of morpholine rings is 1. The highest BCUT2D eigenvalue weighted by atomic mass is 16.5. The monoisotopic (exact) mass is 401 g/mol. The Bertz CT molecular complexity index is 1060. The molecule has 0 saturated carbocycles. The van der Waals surface area contributed by atoms with Crippen molar-refractivity contribution in [1.82, 2.24) is 4.98 Å². The molecule has 1 aliphatic rings. The molecule has 6 heteroatoms. The molecule has 0 bridgehead atoms. The molecule has 152 valence electrons. The van der Waals surface area contributed by atoms with Gasteiger partial charge >= 0.3 is 0 Å². The molecular weight excluding hydrogens is 378 g/mol. The number of nitrogens with zero attached hydrogens (tertiary/aromatic N) is 2. The van der Waals surface area contributed by atoms with Crippen LogP contribution in [0.1, 0.15) is 27.8 Å². The normalized spacial score (nSPS) is 13.7. The molecule has 1 amide bonds. The van der Waals surface area contributed by atoms with Crippen LogP contribution in [-0.4, -0.2) is 43.0 Å². The van der Waals surface area contributed by atoms with Gasteiger partial charge in [-0.2, -0.15) is 0 Å². The molecule has 0 aliphatic carbocycles. The Hall–Kier alpha value is -3.51. The van der Waals surface area contributed by atoms with E-state index in [0.29, 0.717) is 22.6 Å². The first-order valence-electron chi connectivity index (χ1n) is 9.93. The van der Waals surface area contributed by atoms with Gasteiger partial charge in [-0.3, -0.25) is 9.59 Å². The number of benzene rings is 2. The van der Waals surface area contributed by atoms with Gasteiger partial charge < -0.3 is 15.0 Å². The van der Waals surface area contributed by atoms with E-state index in [-0.39, 0.29) is 11.7 Å². The van der Waals surface area contributed by atoms with E-state index in [2.05, 4.69) is 15.2 Å². The number of pyridine rings is 1. The number of nitrogens with one attached hydrogen (secondary N) is 1. The van der Waals surface area contributed by atoms with Crippen LogP contribution >= 0.6 is 0 Å². The summed E-state index contributed by atoms with van der Waals surface area (Å²) in [5.74, 6) is -0.287. The van der Waals surface area contributed by atoms with Gasteiger partial charge in [0, 0.05) is 35.6 Å². The SMILES string of the molecule is CC(=O)c1cccc(-c2cccc(C(=O)Nc3ccc(N4CCOCC4)cc3)n2)c1. The average Bonchev–Trinajstić information content (AvgIpc) is 2.80. The lowest BCUT2D eigenvalue weighted by Gasteiger charge is -2.28. The van der Waals surface area contributed by atoms with Crippen molar-refractivity contribution < 1.29 is 14.3 Å². The highest BCUT2D eigenvalue weighted by Gasteiger charge is 2.13. The lowest BCUT2D eigenvalue weighted by Crippen LogP contribution is -2.36. The summed E-state index contributed by atoms with van der Waals surface area (Å²) in [5.41, 5.74) is 4.20. The number of Topliss-reactive ketones (excluding diaryl/α,β-unsaturated/α-hetero) is 1. The van der Waals surface area contributed by atoms with Crippen molar-refractivity contribution in [3.8, 4) is 11.3 Å². The minimum absolute atomic E-state index is 0.00808. The highest BCUT2D eigenvalue weighted by molar-refractivity contribution is 6.03. The molecule has 0 spiro atoms. The van der Waals surface area contributed by atoms with Crippen LogP contribution in [-0.2, 0) is 4.74 Å². The highest BCUT2D eigenvalue weighted by Crippen LogP contribution is 2.21. The predicted molar refractivity (Wildman–Crippen MR) is 117 cm³/mol. The van der Waals surface area contributed by atoms with Crippen LogP contribution in [0.5, 0.6) is 0 Å². The number of aromatic nitrogens is 1. The topological polar surface area (TPSA) is 71.5 Å². The third-order valence-electron chi connectivity index (χ3n) is 5.05. The summed E-state index contributed by atoms with van der Waals surface area (Å²) in [6.45, 7) is 4.73. The van der Waals surface area contributed by atoms with E-state index in [1.807, 2.05) is 42.5 Å². The Labute approximate surface area is 175 Å². The van der Waals surface area contributed by atoms with Gasteiger partial charge in [0.15, 0.2) is 5.78 Å². The van der Waals surface area contributed by atoms with Gasteiger partial charge in [0.1, 0.15) is 5.69 Å². The zero-order chi connectivity index (χ0) is 20.9. The number of ketones is 1. The molecule has 1 aromatic heterocycles. The first kappa shape index (κ1) is 19.8. The van der Waals surface area contributed by atoms with Gasteiger partial charge in [-0.05, 0) is 49.4 Å². The van der Waals surface area contributed by atoms with Crippen LogP contribution in [0.15, 0.2) is 66.7 Å². The molecule has 3 aromatic rings. The minimum atomic E-state index is -0.279. The number of carbonyl (C=O) groups is 2. The second-order valence-corrected chi connectivity index (χ2v) is 7.15. The number of anilines is 2. The molecule has 4 rings (SSSR count). The van der Waals surface area contributed by atoms with Crippen molar-refractivity contribution >= 4 is 23.1 Å². The number of amides is 1. The standard InChI is InChI=1S/C24H23N3O3/c1-17(28)18-4-2-5-19(16-18)22-6-3-7-23(26-22)24(29)25-20-8-10-21(11-9-20)27-12-14-30-15-13-27/h2-11,16H,12-15H2,1H3,(H,25,29). The summed E-state index contributed by atoms with van der Waals surface area (Å²) in [7, 11) is 0. The van der Waals surface area contributed by atoms with Crippen molar-refractivity contribution in [3.05, 3.63) is 78.0 Å². The third kappa shape index (κ3) is 4.55. The summed E-state index contributed by atoms with van der Waals surface area (Å²) in [6, 6.07) is 20.3. The van der Waals surface area contributed by atoms with E-state index in [4.69, 9.17) is 4.74 Å². The van der Waals surface area contributed by atoms with Gasteiger partial charge in [-0.15, -0.1) is 0 Å². The molecular formula is C24H23N3O3. The van der Waals surface area contributed by atoms with Crippen molar-refractivity contribution in [2.75, 3.05) is 36.5 Å². The van der Waals surface area contributed by atoms with E-state index >= 15 is 0 Å². The maximum absolute atomic E-state index is 12.7. The van der Waals surface area contributed by atoms with Gasteiger partial charge in [-0.25, -0.2) is 4.98 Å². The fourth-order valence-corrected chi connectivity index (χ4v) is 3.39. The lowest BCUT2D eigenvalue weighted by atomic mass is 10.1. The quantitative estimate of drug-likeness (QED) is 0.654. The summed E-state index contributed by atoms with van der Waals surface area (Å²) in [6.07, 6.45) is 0. The van der Waals surface area contributed by atoms with Crippen molar-refractivity contribution in [1.29, 1.82) is 0 Å². The van der Waals surface area contributed by atoms with E-state index in [9.17, 15) is 9.59 Å². The van der Waals surface area contributed by atoms with Crippen LogP contribution in [0.2, 0.25) is 0 Å². The predicted octanol–water partition coefficient (Wildman–Crippen LogP) is 4.04. The Morgan fingerprint density at radius 1 is 0.967 bits per heavy atom. The Balaban J connectivity index is 1.48. The molecule has 30 heavy (non-hydrogen) atoms. The number of hydrogen-bond donors (Lipinski definition) is 1. The number of rotatable bonds is 5. The van der Waals surface area contributed by atoms with Crippen molar-refractivity contribution in [2.24, 2.45) is 0 Å². The number of carbonyl (C=O) groups excluding carboxylic acids is 2. The van der Waals surface area contributed by atoms with Gasteiger partial charge in [0.25, 0.3) is 5.91 Å². The molecule has 1 N–H and O–H groups in total. The molecule has 1 aliphatic heterocycles. The summed E-state index contributed by atoms with van der Waals surface area (Å²) < 4.78 is 5.38. The van der Waals surface area contributed by atoms with Crippen LogP contribution in [0, 0.1) is 0 Å². The van der Waals surface area contributed by atoms with Crippen LogP contribution < -0.4 is 10.2 Å².